The highest BCUT2D eigenvalue weighted by molar-refractivity contribution is 6.33. The number of carbonyl (C=O) groups is 1. The number of amides is 2. The van der Waals surface area contributed by atoms with Crippen molar-refractivity contribution >= 4 is 23.3 Å². The molecule has 1 atom stereocenters. The Bertz CT molecular complexity index is 616. The van der Waals surface area contributed by atoms with E-state index in [9.17, 15) is 4.79 Å². The lowest BCUT2D eigenvalue weighted by Crippen LogP contribution is -2.36. The van der Waals surface area contributed by atoms with Gasteiger partial charge in [0.1, 0.15) is 0 Å². The van der Waals surface area contributed by atoms with Crippen LogP contribution in [-0.4, -0.2) is 31.6 Å². The first kappa shape index (κ1) is 16.3. The molecule has 0 aliphatic heterocycles. The normalized spacial score (nSPS) is 12.0. The minimum absolute atomic E-state index is 0.109. The van der Waals surface area contributed by atoms with Gasteiger partial charge in [0.2, 0.25) is 0 Å². The van der Waals surface area contributed by atoms with Crippen LogP contribution < -0.4 is 10.6 Å². The van der Waals surface area contributed by atoms with Crippen molar-refractivity contribution < 1.29 is 4.79 Å². The standard InChI is InChI=1S/C17H20ClN3O/c1-21(2)16(13-8-4-3-5-9-13)12-19-17(22)20-15-11-7-6-10-14(15)18/h3-11,16H,12H2,1-2H3,(H2,19,20,22). The molecule has 0 bridgehead atoms. The third kappa shape index (κ3) is 4.48. The molecule has 2 aromatic carbocycles. The molecule has 2 amide bonds. The molecular weight excluding hydrogens is 298 g/mol. The Labute approximate surface area is 136 Å². The Morgan fingerprint density at radius 1 is 1.09 bits per heavy atom. The molecule has 5 heteroatoms. The van der Waals surface area contributed by atoms with Crippen LogP contribution in [0.1, 0.15) is 11.6 Å². The number of hydrogen-bond acceptors (Lipinski definition) is 2. The largest absolute Gasteiger partial charge is 0.336 e. The number of likely N-dealkylation sites (N-methyl/N-ethyl adjacent to an activating group) is 1. The van der Waals surface area contributed by atoms with Gasteiger partial charge in [-0.1, -0.05) is 54.1 Å². The summed E-state index contributed by atoms with van der Waals surface area (Å²) in [6, 6.07) is 17.1. The number of para-hydroxylation sites is 1. The topological polar surface area (TPSA) is 44.4 Å². The SMILES string of the molecule is CN(C)C(CNC(=O)Nc1ccccc1Cl)c1ccccc1. The van der Waals surface area contributed by atoms with Gasteiger partial charge in [0.05, 0.1) is 16.8 Å². The summed E-state index contributed by atoms with van der Waals surface area (Å²) >= 11 is 6.03. The second kappa shape index (κ2) is 7.82. The minimum atomic E-state index is -0.268. The van der Waals surface area contributed by atoms with Crippen molar-refractivity contribution in [1.82, 2.24) is 10.2 Å². The predicted octanol–water partition coefficient (Wildman–Crippen LogP) is 3.76. The number of benzene rings is 2. The predicted molar refractivity (Wildman–Crippen MR) is 91.3 cm³/mol. The molecule has 2 aromatic rings. The summed E-state index contributed by atoms with van der Waals surface area (Å²) < 4.78 is 0. The van der Waals surface area contributed by atoms with Crippen molar-refractivity contribution in [3.05, 3.63) is 65.2 Å². The van der Waals surface area contributed by atoms with E-state index in [4.69, 9.17) is 11.6 Å². The van der Waals surface area contributed by atoms with E-state index in [2.05, 4.69) is 27.7 Å². The van der Waals surface area contributed by atoms with E-state index < -0.39 is 0 Å². The maximum atomic E-state index is 12.0. The second-order valence-electron chi connectivity index (χ2n) is 5.20. The van der Waals surface area contributed by atoms with E-state index >= 15 is 0 Å². The van der Waals surface area contributed by atoms with Gasteiger partial charge in [-0.05, 0) is 31.8 Å². The number of anilines is 1. The lowest BCUT2D eigenvalue weighted by Gasteiger charge is -2.25. The number of nitrogens with one attached hydrogen (secondary N) is 2. The Hall–Kier alpha value is -2.04. The number of rotatable bonds is 5. The number of urea groups is 1. The quantitative estimate of drug-likeness (QED) is 0.881. The molecule has 0 spiro atoms. The number of nitrogens with zero attached hydrogens (tertiary/aromatic N) is 1. The molecule has 0 aromatic heterocycles. The molecular formula is C17H20ClN3O. The van der Waals surface area contributed by atoms with E-state index in [1.54, 1.807) is 12.1 Å². The summed E-state index contributed by atoms with van der Waals surface area (Å²) in [6.07, 6.45) is 0. The van der Waals surface area contributed by atoms with Crippen LogP contribution in [0.4, 0.5) is 10.5 Å². The van der Waals surface area contributed by atoms with Gasteiger partial charge in [-0.3, -0.25) is 0 Å². The fourth-order valence-electron chi connectivity index (χ4n) is 2.19. The van der Waals surface area contributed by atoms with Crippen LogP contribution in [0.2, 0.25) is 5.02 Å². The minimum Gasteiger partial charge on any atom is -0.336 e. The van der Waals surface area contributed by atoms with Crippen LogP contribution >= 0.6 is 11.6 Å². The van der Waals surface area contributed by atoms with Gasteiger partial charge < -0.3 is 15.5 Å². The zero-order valence-electron chi connectivity index (χ0n) is 12.7. The summed E-state index contributed by atoms with van der Waals surface area (Å²) in [7, 11) is 3.98. The maximum absolute atomic E-state index is 12.0. The lowest BCUT2D eigenvalue weighted by atomic mass is 10.1. The molecule has 0 aliphatic rings. The van der Waals surface area contributed by atoms with E-state index in [1.807, 2.05) is 44.4 Å². The number of hydrogen-bond donors (Lipinski definition) is 2. The molecule has 2 N–H and O–H groups in total. The summed E-state index contributed by atoms with van der Waals surface area (Å²) in [6.45, 7) is 0.507. The van der Waals surface area contributed by atoms with Gasteiger partial charge in [-0.2, -0.15) is 0 Å². The van der Waals surface area contributed by atoms with Crippen molar-refractivity contribution in [1.29, 1.82) is 0 Å². The molecule has 116 valence electrons. The van der Waals surface area contributed by atoms with Gasteiger partial charge in [-0.25, -0.2) is 4.79 Å². The fraction of sp³-hybridized carbons (Fsp3) is 0.235. The third-order valence-corrected chi connectivity index (χ3v) is 3.72. The summed E-state index contributed by atoms with van der Waals surface area (Å²) in [5.41, 5.74) is 1.76. The highest BCUT2D eigenvalue weighted by Crippen LogP contribution is 2.20. The number of halogens is 1. The van der Waals surface area contributed by atoms with Crippen LogP contribution in [0.3, 0.4) is 0 Å². The monoisotopic (exact) mass is 317 g/mol. The molecule has 0 heterocycles. The Morgan fingerprint density at radius 2 is 1.73 bits per heavy atom. The second-order valence-corrected chi connectivity index (χ2v) is 5.61. The van der Waals surface area contributed by atoms with Gasteiger partial charge >= 0.3 is 6.03 Å². The fourth-order valence-corrected chi connectivity index (χ4v) is 2.38. The van der Waals surface area contributed by atoms with Crippen molar-refractivity contribution in [3.8, 4) is 0 Å². The smallest absolute Gasteiger partial charge is 0.319 e. The zero-order valence-corrected chi connectivity index (χ0v) is 13.5. The van der Waals surface area contributed by atoms with Gasteiger partial charge in [0, 0.05) is 6.54 Å². The van der Waals surface area contributed by atoms with E-state index in [0.717, 1.165) is 5.56 Å². The van der Waals surface area contributed by atoms with Gasteiger partial charge in [0.25, 0.3) is 0 Å². The first-order valence-corrected chi connectivity index (χ1v) is 7.46. The summed E-state index contributed by atoms with van der Waals surface area (Å²) in [4.78, 5) is 14.1. The molecule has 0 saturated heterocycles. The molecule has 2 rings (SSSR count). The average Bonchev–Trinajstić information content (AvgIpc) is 2.50. The molecule has 0 radical (unpaired) electrons. The van der Waals surface area contributed by atoms with Crippen molar-refractivity contribution in [2.75, 3.05) is 26.0 Å². The summed E-state index contributed by atoms with van der Waals surface area (Å²) in [5.74, 6) is 0. The van der Waals surface area contributed by atoms with Crippen LogP contribution in [0.25, 0.3) is 0 Å². The average molecular weight is 318 g/mol. The first-order chi connectivity index (χ1) is 10.6. The van der Waals surface area contributed by atoms with Crippen LogP contribution in [0.15, 0.2) is 54.6 Å². The van der Waals surface area contributed by atoms with Gasteiger partial charge in [0.15, 0.2) is 0 Å². The van der Waals surface area contributed by atoms with Crippen LogP contribution in [0, 0.1) is 0 Å². The molecule has 0 saturated carbocycles. The van der Waals surface area contributed by atoms with E-state index in [1.165, 1.54) is 0 Å². The highest BCUT2D eigenvalue weighted by Gasteiger charge is 2.15. The highest BCUT2D eigenvalue weighted by atomic mass is 35.5. The Kier molecular flexibility index (Phi) is 5.81. The lowest BCUT2D eigenvalue weighted by molar-refractivity contribution is 0.243. The zero-order chi connectivity index (χ0) is 15.9. The van der Waals surface area contributed by atoms with Crippen molar-refractivity contribution in [2.45, 2.75) is 6.04 Å². The molecule has 4 nitrogen and oxygen atoms in total. The molecule has 22 heavy (non-hydrogen) atoms. The number of carbonyl (C=O) groups excluding carboxylic acids is 1. The summed E-state index contributed by atoms with van der Waals surface area (Å²) in [5, 5.41) is 6.16. The maximum Gasteiger partial charge on any atom is 0.319 e. The third-order valence-electron chi connectivity index (χ3n) is 3.39. The molecule has 1 unspecified atom stereocenters. The molecule has 0 fully saturated rings. The Balaban J connectivity index is 1.95. The molecule has 0 aliphatic carbocycles. The van der Waals surface area contributed by atoms with Crippen molar-refractivity contribution in [2.24, 2.45) is 0 Å². The van der Waals surface area contributed by atoms with Crippen LogP contribution in [-0.2, 0) is 0 Å². The van der Waals surface area contributed by atoms with E-state index in [-0.39, 0.29) is 12.1 Å². The first-order valence-electron chi connectivity index (χ1n) is 7.08. The Morgan fingerprint density at radius 3 is 2.36 bits per heavy atom. The van der Waals surface area contributed by atoms with E-state index in [0.29, 0.717) is 17.3 Å². The van der Waals surface area contributed by atoms with Crippen molar-refractivity contribution in [3.63, 3.8) is 0 Å². The van der Waals surface area contributed by atoms with Gasteiger partial charge in [-0.15, -0.1) is 0 Å². The van der Waals surface area contributed by atoms with Crippen LogP contribution in [0.5, 0.6) is 0 Å².